The second-order valence-corrected chi connectivity index (χ2v) is 5.38. The van der Waals surface area contributed by atoms with E-state index in [1.165, 1.54) is 13.2 Å². The van der Waals surface area contributed by atoms with Crippen molar-refractivity contribution < 1.29 is 14.3 Å². The molecule has 0 spiro atoms. The Hall–Kier alpha value is -2.17. The Kier molecular flexibility index (Phi) is 5.90. The van der Waals surface area contributed by atoms with Gasteiger partial charge in [0, 0.05) is 12.1 Å². The minimum atomic E-state index is -0.303. The summed E-state index contributed by atoms with van der Waals surface area (Å²) in [5.74, 6) is 0.860. The molecule has 2 aromatic rings. The molecule has 0 aliphatic carbocycles. The van der Waals surface area contributed by atoms with Crippen LogP contribution in [0.2, 0.25) is 10.0 Å². The molecule has 2 aromatic carbocycles. The van der Waals surface area contributed by atoms with Gasteiger partial charge in [-0.3, -0.25) is 4.79 Å². The van der Waals surface area contributed by atoms with Gasteiger partial charge in [-0.15, -0.1) is 0 Å². The molecule has 120 valence electrons. The molecule has 4 nitrogen and oxygen atoms in total. The van der Waals surface area contributed by atoms with E-state index in [1.54, 1.807) is 49.6 Å². The Morgan fingerprint density at radius 2 is 1.83 bits per heavy atom. The lowest BCUT2D eigenvalue weighted by molar-refractivity contribution is -0.111. The van der Waals surface area contributed by atoms with Crippen molar-refractivity contribution in [2.45, 2.75) is 0 Å². The van der Waals surface area contributed by atoms with E-state index in [1.807, 2.05) is 0 Å². The maximum absolute atomic E-state index is 12.1. The Morgan fingerprint density at radius 3 is 2.48 bits per heavy atom. The van der Waals surface area contributed by atoms with Crippen LogP contribution in [0, 0.1) is 0 Å². The lowest BCUT2D eigenvalue weighted by Crippen LogP contribution is -2.09. The van der Waals surface area contributed by atoms with Gasteiger partial charge in [-0.05, 0) is 35.9 Å². The number of hydrogen-bond acceptors (Lipinski definition) is 3. The zero-order chi connectivity index (χ0) is 16.8. The van der Waals surface area contributed by atoms with E-state index in [9.17, 15) is 4.79 Å². The topological polar surface area (TPSA) is 47.6 Å². The van der Waals surface area contributed by atoms with Gasteiger partial charge in [-0.1, -0.05) is 29.3 Å². The van der Waals surface area contributed by atoms with Crippen molar-refractivity contribution in [1.29, 1.82) is 0 Å². The summed E-state index contributed by atoms with van der Waals surface area (Å²) in [4.78, 5) is 12.1. The number of hydrogen-bond donors (Lipinski definition) is 1. The summed E-state index contributed by atoms with van der Waals surface area (Å²) in [5.41, 5.74) is 1.29. The van der Waals surface area contributed by atoms with E-state index < -0.39 is 0 Å². The molecule has 0 fully saturated rings. The molecule has 0 radical (unpaired) electrons. The second-order valence-electron chi connectivity index (χ2n) is 4.56. The highest BCUT2D eigenvalue weighted by Gasteiger charge is 2.07. The first-order chi connectivity index (χ1) is 11.0. The van der Waals surface area contributed by atoms with E-state index in [-0.39, 0.29) is 5.91 Å². The van der Waals surface area contributed by atoms with Crippen LogP contribution >= 0.6 is 23.2 Å². The average Bonchev–Trinajstić information content (AvgIpc) is 2.55. The number of amides is 1. The molecule has 1 N–H and O–H groups in total. The first-order valence-electron chi connectivity index (χ1n) is 6.69. The molecule has 0 aromatic heterocycles. The van der Waals surface area contributed by atoms with Crippen LogP contribution in [0.1, 0.15) is 5.56 Å². The summed E-state index contributed by atoms with van der Waals surface area (Å²) in [6.45, 7) is 0. The molecule has 0 saturated heterocycles. The SMILES string of the molecule is COc1ccc(OC)c(NC(=O)/C=C/c2ccc(Cl)c(Cl)c2)c1. The van der Waals surface area contributed by atoms with Gasteiger partial charge in [0.05, 0.1) is 30.0 Å². The zero-order valence-corrected chi connectivity index (χ0v) is 14.1. The molecular weight excluding hydrogens is 337 g/mol. The maximum atomic E-state index is 12.1. The minimum Gasteiger partial charge on any atom is -0.497 e. The number of carbonyl (C=O) groups excluding carboxylic acids is 1. The Bertz CT molecular complexity index is 745. The molecule has 6 heteroatoms. The number of methoxy groups -OCH3 is 2. The van der Waals surface area contributed by atoms with Crippen molar-refractivity contribution in [2.75, 3.05) is 19.5 Å². The van der Waals surface area contributed by atoms with Crippen LogP contribution in [0.5, 0.6) is 11.5 Å². The van der Waals surface area contributed by atoms with Gasteiger partial charge in [0.25, 0.3) is 0 Å². The quantitative estimate of drug-likeness (QED) is 0.796. The summed E-state index contributed by atoms with van der Waals surface area (Å²) in [6.07, 6.45) is 3.04. The number of rotatable bonds is 5. The molecule has 23 heavy (non-hydrogen) atoms. The molecule has 1 amide bonds. The van der Waals surface area contributed by atoms with Crippen LogP contribution in [0.25, 0.3) is 6.08 Å². The van der Waals surface area contributed by atoms with E-state index in [2.05, 4.69) is 5.32 Å². The lowest BCUT2D eigenvalue weighted by atomic mass is 10.2. The number of carbonyl (C=O) groups is 1. The third kappa shape index (κ3) is 4.65. The predicted octanol–water partition coefficient (Wildman–Crippen LogP) is 4.66. The normalized spacial score (nSPS) is 10.6. The zero-order valence-electron chi connectivity index (χ0n) is 12.6. The van der Waals surface area contributed by atoms with Gasteiger partial charge >= 0.3 is 0 Å². The lowest BCUT2D eigenvalue weighted by Gasteiger charge is -2.10. The maximum Gasteiger partial charge on any atom is 0.248 e. The highest BCUT2D eigenvalue weighted by molar-refractivity contribution is 6.42. The standard InChI is InChI=1S/C17H15Cl2NO3/c1-22-12-5-7-16(23-2)15(10-12)20-17(21)8-4-11-3-6-13(18)14(19)9-11/h3-10H,1-2H3,(H,20,21)/b8-4+. The average molecular weight is 352 g/mol. The molecular formula is C17H15Cl2NO3. The van der Waals surface area contributed by atoms with Crippen LogP contribution in [0.3, 0.4) is 0 Å². The van der Waals surface area contributed by atoms with Gasteiger partial charge in [-0.25, -0.2) is 0 Å². The van der Waals surface area contributed by atoms with Crippen molar-refractivity contribution in [3.63, 3.8) is 0 Å². The molecule has 0 unspecified atom stereocenters. The Balaban J connectivity index is 2.12. The summed E-state index contributed by atoms with van der Waals surface area (Å²) in [7, 11) is 3.08. The molecule has 0 aliphatic heterocycles. The highest BCUT2D eigenvalue weighted by Crippen LogP contribution is 2.29. The highest BCUT2D eigenvalue weighted by atomic mass is 35.5. The first kappa shape index (κ1) is 17.2. The molecule has 0 aliphatic rings. The van der Waals surface area contributed by atoms with Gasteiger partial charge in [-0.2, -0.15) is 0 Å². The van der Waals surface area contributed by atoms with Crippen molar-refractivity contribution in [2.24, 2.45) is 0 Å². The van der Waals surface area contributed by atoms with Crippen LogP contribution < -0.4 is 14.8 Å². The first-order valence-corrected chi connectivity index (χ1v) is 7.45. The summed E-state index contributed by atoms with van der Waals surface area (Å²) >= 11 is 11.8. The number of benzene rings is 2. The number of anilines is 1. The van der Waals surface area contributed by atoms with Gasteiger partial charge in [0.2, 0.25) is 5.91 Å². The van der Waals surface area contributed by atoms with Crippen molar-refractivity contribution in [1.82, 2.24) is 0 Å². The van der Waals surface area contributed by atoms with Gasteiger partial charge in [0.15, 0.2) is 0 Å². The molecule has 0 bridgehead atoms. The number of nitrogens with one attached hydrogen (secondary N) is 1. The molecule has 2 rings (SSSR count). The minimum absolute atomic E-state index is 0.303. The fourth-order valence-electron chi connectivity index (χ4n) is 1.87. The van der Waals surface area contributed by atoms with E-state index in [0.717, 1.165) is 5.56 Å². The molecule has 0 saturated carbocycles. The van der Waals surface area contributed by atoms with E-state index in [0.29, 0.717) is 27.2 Å². The van der Waals surface area contributed by atoms with Crippen molar-refractivity contribution in [3.8, 4) is 11.5 Å². The summed E-state index contributed by atoms with van der Waals surface area (Å²) in [5, 5.41) is 3.64. The van der Waals surface area contributed by atoms with Crippen molar-refractivity contribution in [3.05, 3.63) is 58.1 Å². The number of halogens is 2. The van der Waals surface area contributed by atoms with Crippen molar-refractivity contribution >= 4 is 40.9 Å². The van der Waals surface area contributed by atoms with Gasteiger partial charge in [0.1, 0.15) is 11.5 Å². The fraction of sp³-hybridized carbons (Fsp3) is 0.118. The van der Waals surface area contributed by atoms with Crippen LogP contribution in [0.15, 0.2) is 42.5 Å². The number of ether oxygens (including phenoxy) is 2. The third-order valence-corrected chi connectivity index (χ3v) is 3.77. The fourth-order valence-corrected chi connectivity index (χ4v) is 2.18. The Morgan fingerprint density at radius 1 is 1.04 bits per heavy atom. The second kappa shape index (κ2) is 7.90. The van der Waals surface area contributed by atoms with Crippen LogP contribution in [-0.2, 0) is 4.79 Å². The summed E-state index contributed by atoms with van der Waals surface area (Å²) in [6, 6.07) is 10.3. The summed E-state index contributed by atoms with van der Waals surface area (Å²) < 4.78 is 10.3. The smallest absolute Gasteiger partial charge is 0.248 e. The largest absolute Gasteiger partial charge is 0.497 e. The van der Waals surface area contributed by atoms with Crippen LogP contribution in [-0.4, -0.2) is 20.1 Å². The van der Waals surface area contributed by atoms with E-state index in [4.69, 9.17) is 32.7 Å². The Labute approximate surface area is 144 Å². The monoisotopic (exact) mass is 351 g/mol. The third-order valence-electron chi connectivity index (χ3n) is 3.04. The molecule has 0 heterocycles. The predicted molar refractivity (Wildman–Crippen MR) is 93.7 cm³/mol. The molecule has 0 atom stereocenters. The van der Waals surface area contributed by atoms with Gasteiger partial charge < -0.3 is 14.8 Å². The van der Waals surface area contributed by atoms with E-state index >= 15 is 0 Å². The van der Waals surface area contributed by atoms with Crippen LogP contribution in [0.4, 0.5) is 5.69 Å².